The fourth-order valence-electron chi connectivity index (χ4n) is 7.38. The Morgan fingerprint density at radius 3 is 1.63 bits per heavy atom. The topological polar surface area (TPSA) is 55.4 Å². The van der Waals surface area contributed by atoms with Crippen molar-refractivity contribution in [1.29, 1.82) is 0 Å². The minimum atomic E-state index is -0.439. The molecule has 0 bridgehead atoms. The lowest BCUT2D eigenvalue weighted by atomic mass is 9.94. The van der Waals surface area contributed by atoms with Crippen LogP contribution in [-0.4, -0.2) is 43.4 Å². The molecule has 1 fully saturated rings. The Kier molecular flexibility index (Phi) is 13.6. The Morgan fingerprint density at radius 2 is 1.04 bits per heavy atom. The third-order valence-corrected chi connectivity index (χ3v) is 12.2. The quantitative estimate of drug-likeness (QED) is 0.0966. The highest BCUT2D eigenvalue weighted by molar-refractivity contribution is 8.00. The fourth-order valence-corrected chi connectivity index (χ4v) is 9.20. The van der Waals surface area contributed by atoms with Crippen LogP contribution in [0.5, 0.6) is 11.5 Å². The van der Waals surface area contributed by atoms with Crippen molar-refractivity contribution >= 4 is 23.4 Å². The SMILES string of the molecule is Clc1ccc([C@@H]2S[C@H](COCc3ccccc3)[C@@H](OCc3ccccc3)[C@H](OCc3ccccc3)[C@H]2OCc2ccccc2)cc1Cc1ccc2c(c1)OCCO2. The minimum Gasteiger partial charge on any atom is -0.486 e. The Balaban J connectivity index is 1.15. The Morgan fingerprint density at radius 1 is 0.509 bits per heavy atom. The number of rotatable bonds is 16. The third-order valence-electron chi connectivity index (χ3n) is 10.3. The summed E-state index contributed by atoms with van der Waals surface area (Å²) in [7, 11) is 0. The van der Waals surface area contributed by atoms with Crippen LogP contribution < -0.4 is 9.47 Å². The zero-order chi connectivity index (χ0) is 38.7. The van der Waals surface area contributed by atoms with Crippen LogP contribution in [0.1, 0.15) is 44.2 Å². The van der Waals surface area contributed by atoms with Crippen LogP contribution in [0.4, 0.5) is 0 Å². The van der Waals surface area contributed by atoms with Crippen molar-refractivity contribution in [3.05, 3.63) is 202 Å². The number of benzene rings is 6. The molecule has 8 heteroatoms. The van der Waals surface area contributed by atoms with E-state index in [1.807, 2.05) is 96.7 Å². The lowest BCUT2D eigenvalue weighted by molar-refractivity contribution is -0.160. The maximum Gasteiger partial charge on any atom is 0.161 e. The highest BCUT2D eigenvalue weighted by atomic mass is 35.5. The largest absolute Gasteiger partial charge is 0.486 e. The summed E-state index contributed by atoms with van der Waals surface area (Å²) in [4.78, 5) is 0. The van der Waals surface area contributed by atoms with E-state index in [0.29, 0.717) is 57.7 Å². The predicted molar refractivity (Wildman–Crippen MR) is 227 cm³/mol. The summed E-state index contributed by atoms with van der Waals surface area (Å²) in [5, 5.41) is 0.490. The van der Waals surface area contributed by atoms with Crippen LogP contribution in [0.2, 0.25) is 5.02 Å². The molecule has 5 atom stereocenters. The fraction of sp³-hybridized carbons (Fsp3) is 0.265. The molecule has 0 N–H and O–H groups in total. The number of thioether (sulfide) groups is 1. The molecule has 0 radical (unpaired) electrons. The standard InChI is InChI=1S/C49H47ClO6S/c50-42-23-22-40(29-41(42)27-39-21-24-43-44(28-39)53-26-25-52-43)49-48(56-33-38-19-11-4-12-20-38)47(55-32-37-17-9-3-10-18-37)46(54-31-36-15-7-2-8-16-36)45(57-49)34-51-30-35-13-5-1-6-14-35/h1-24,28-29,45-49H,25-27,30-34H2/t45-,46-,47+,48-,49+/m1/s1. The third kappa shape index (κ3) is 10.5. The first-order chi connectivity index (χ1) is 28.2. The van der Waals surface area contributed by atoms with Crippen molar-refractivity contribution < 1.29 is 28.4 Å². The van der Waals surface area contributed by atoms with Crippen LogP contribution in [0.3, 0.4) is 0 Å². The molecule has 0 aromatic heterocycles. The van der Waals surface area contributed by atoms with E-state index in [2.05, 4.69) is 72.8 Å². The van der Waals surface area contributed by atoms with Crippen LogP contribution in [0.25, 0.3) is 0 Å². The molecule has 1 saturated heterocycles. The Labute approximate surface area is 345 Å². The molecule has 8 rings (SSSR count). The van der Waals surface area contributed by atoms with Gasteiger partial charge in [-0.05, 0) is 63.6 Å². The average Bonchev–Trinajstić information content (AvgIpc) is 3.26. The molecule has 2 aliphatic heterocycles. The zero-order valence-electron chi connectivity index (χ0n) is 31.8. The zero-order valence-corrected chi connectivity index (χ0v) is 33.4. The number of ether oxygens (including phenoxy) is 6. The molecule has 2 aliphatic rings. The van der Waals surface area contributed by atoms with E-state index >= 15 is 0 Å². The van der Waals surface area contributed by atoms with Gasteiger partial charge in [-0.15, -0.1) is 11.8 Å². The van der Waals surface area contributed by atoms with E-state index in [1.54, 1.807) is 0 Å². The smallest absolute Gasteiger partial charge is 0.161 e. The molecule has 0 aliphatic carbocycles. The summed E-state index contributed by atoms with van der Waals surface area (Å²) in [6.07, 6.45) is -0.535. The van der Waals surface area contributed by atoms with Crippen LogP contribution in [0.15, 0.2) is 158 Å². The predicted octanol–water partition coefficient (Wildman–Crippen LogP) is 10.8. The first kappa shape index (κ1) is 39.2. The molecule has 0 amide bonds. The molecule has 0 unspecified atom stereocenters. The molecule has 6 aromatic rings. The van der Waals surface area contributed by atoms with E-state index in [4.69, 9.17) is 40.0 Å². The van der Waals surface area contributed by atoms with Gasteiger partial charge in [0.25, 0.3) is 0 Å². The first-order valence-electron chi connectivity index (χ1n) is 19.6. The van der Waals surface area contributed by atoms with Gasteiger partial charge >= 0.3 is 0 Å². The van der Waals surface area contributed by atoms with Gasteiger partial charge in [0.15, 0.2) is 11.5 Å². The normalized spacial score (nSPS) is 20.3. The second-order valence-electron chi connectivity index (χ2n) is 14.4. The lowest BCUT2D eigenvalue weighted by Crippen LogP contribution is -2.54. The van der Waals surface area contributed by atoms with E-state index in [-0.39, 0.29) is 22.7 Å². The maximum absolute atomic E-state index is 7.06. The Hall–Kier alpha value is -4.60. The van der Waals surface area contributed by atoms with Crippen molar-refractivity contribution in [2.24, 2.45) is 0 Å². The van der Waals surface area contributed by atoms with Gasteiger partial charge in [0.05, 0.1) is 43.5 Å². The van der Waals surface area contributed by atoms with Gasteiger partial charge in [0.2, 0.25) is 0 Å². The van der Waals surface area contributed by atoms with Crippen LogP contribution >= 0.6 is 23.4 Å². The molecular weight excluding hydrogens is 752 g/mol. The van der Waals surface area contributed by atoms with E-state index < -0.39 is 6.10 Å². The van der Waals surface area contributed by atoms with Crippen molar-refractivity contribution in [1.82, 2.24) is 0 Å². The van der Waals surface area contributed by atoms with Gasteiger partial charge in [-0.25, -0.2) is 0 Å². The van der Waals surface area contributed by atoms with E-state index in [0.717, 1.165) is 50.4 Å². The van der Waals surface area contributed by atoms with Gasteiger partial charge in [0.1, 0.15) is 31.5 Å². The van der Waals surface area contributed by atoms with Gasteiger partial charge in [-0.3, -0.25) is 0 Å². The number of hydrogen-bond donors (Lipinski definition) is 0. The highest BCUT2D eigenvalue weighted by Crippen LogP contribution is 2.48. The molecule has 292 valence electrons. The van der Waals surface area contributed by atoms with Crippen LogP contribution in [-0.2, 0) is 51.8 Å². The number of fused-ring (bicyclic) bond motifs is 1. The summed E-state index contributed by atoms with van der Waals surface area (Å²) in [5.74, 6) is 1.54. The number of hydrogen-bond acceptors (Lipinski definition) is 7. The van der Waals surface area contributed by atoms with Crippen molar-refractivity contribution in [2.75, 3.05) is 19.8 Å². The van der Waals surface area contributed by atoms with Crippen molar-refractivity contribution in [2.45, 2.75) is 61.7 Å². The Bertz CT molecular complexity index is 2140. The molecule has 0 saturated carbocycles. The molecule has 2 heterocycles. The summed E-state index contributed by atoms with van der Waals surface area (Å²) in [6.45, 7) is 3.32. The van der Waals surface area contributed by atoms with E-state index in [1.165, 1.54) is 0 Å². The average molecular weight is 799 g/mol. The lowest BCUT2D eigenvalue weighted by Gasteiger charge is -2.46. The van der Waals surface area contributed by atoms with Gasteiger partial charge in [0, 0.05) is 5.02 Å². The van der Waals surface area contributed by atoms with Gasteiger partial charge in [-0.1, -0.05) is 151 Å². The highest BCUT2D eigenvalue weighted by Gasteiger charge is 2.48. The molecule has 57 heavy (non-hydrogen) atoms. The number of halogens is 1. The van der Waals surface area contributed by atoms with Gasteiger partial charge in [-0.2, -0.15) is 0 Å². The monoisotopic (exact) mass is 798 g/mol. The van der Waals surface area contributed by atoms with Crippen LogP contribution in [0, 0.1) is 0 Å². The molecular formula is C49H47ClO6S. The van der Waals surface area contributed by atoms with E-state index in [9.17, 15) is 0 Å². The molecule has 6 nitrogen and oxygen atoms in total. The van der Waals surface area contributed by atoms with Crippen molar-refractivity contribution in [3.63, 3.8) is 0 Å². The second kappa shape index (κ2) is 19.7. The molecule has 6 aromatic carbocycles. The summed E-state index contributed by atoms with van der Waals surface area (Å²) >= 11 is 8.81. The summed E-state index contributed by atoms with van der Waals surface area (Å²) in [6, 6.07) is 53.7. The summed E-state index contributed by atoms with van der Waals surface area (Å²) < 4.78 is 39.3. The second-order valence-corrected chi connectivity index (χ2v) is 16.2. The minimum absolute atomic E-state index is 0.0864. The molecule has 0 spiro atoms. The summed E-state index contributed by atoms with van der Waals surface area (Å²) in [5.41, 5.74) is 7.62. The first-order valence-corrected chi connectivity index (χ1v) is 20.9. The maximum atomic E-state index is 7.06. The van der Waals surface area contributed by atoms with Gasteiger partial charge < -0.3 is 28.4 Å². The van der Waals surface area contributed by atoms with Crippen molar-refractivity contribution in [3.8, 4) is 11.5 Å².